The molecule has 4 atom stereocenters. The van der Waals surface area contributed by atoms with Crippen LogP contribution in [0.5, 0.6) is 5.75 Å². The summed E-state index contributed by atoms with van der Waals surface area (Å²) in [5.41, 5.74) is 3.15. The van der Waals surface area contributed by atoms with E-state index in [4.69, 9.17) is 19.7 Å². The normalized spacial score (nSPS) is 22.6. The Morgan fingerprint density at radius 1 is 1.00 bits per heavy atom. The number of pyridine rings is 1. The highest BCUT2D eigenvalue weighted by atomic mass is 32.2. The van der Waals surface area contributed by atoms with E-state index < -0.39 is 45.6 Å². The summed E-state index contributed by atoms with van der Waals surface area (Å²) in [6.07, 6.45) is 3.58. The first-order chi connectivity index (χ1) is 24.6. The van der Waals surface area contributed by atoms with Crippen molar-refractivity contribution in [2.45, 2.75) is 68.1 Å². The number of aliphatic hydroxyl groups excluding tert-OH is 2. The lowest BCUT2D eigenvalue weighted by Crippen LogP contribution is -2.36. The lowest BCUT2D eigenvalue weighted by molar-refractivity contribution is 0.0216. The standard InChI is InChI=1S/C37H39FN6O5S2/c1-21-29(35-43-31-28(50-35)13-16-39-30(31)22-7-8-22)34(44-36(41-21)40-19-37(14-15-37)20-49-25-5-3-2-4-6-25)42-27-17-23(32(45)33(27)46)18-51(47,48)26-11-9-24(38)10-12-26/h2-6,9-13,16,22-23,27,32-33,45-46H,7-8,14-15,17-20H2,1H3,(H2,40,41,42,44). The number of ether oxygens (including phenoxy) is 1. The number of anilines is 2. The maximum absolute atomic E-state index is 13.5. The van der Waals surface area contributed by atoms with Gasteiger partial charge in [-0.2, -0.15) is 4.98 Å². The molecule has 4 unspecified atom stereocenters. The molecule has 0 amide bonds. The number of benzene rings is 2. The number of aryl methyl sites for hydroxylation is 1. The predicted molar refractivity (Wildman–Crippen MR) is 193 cm³/mol. The molecule has 3 heterocycles. The van der Waals surface area contributed by atoms with Gasteiger partial charge in [-0.3, -0.25) is 4.98 Å². The molecule has 0 radical (unpaired) electrons. The van der Waals surface area contributed by atoms with Crippen LogP contribution in [0.4, 0.5) is 16.2 Å². The molecule has 0 bridgehead atoms. The van der Waals surface area contributed by atoms with Gasteiger partial charge in [0.05, 0.1) is 51.1 Å². The molecule has 14 heteroatoms. The summed E-state index contributed by atoms with van der Waals surface area (Å²) < 4.78 is 47.0. The molecule has 3 fully saturated rings. The zero-order valence-electron chi connectivity index (χ0n) is 28.0. The van der Waals surface area contributed by atoms with E-state index in [1.54, 1.807) is 0 Å². The highest BCUT2D eigenvalue weighted by molar-refractivity contribution is 7.91. The van der Waals surface area contributed by atoms with Crippen LogP contribution in [-0.2, 0) is 9.84 Å². The van der Waals surface area contributed by atoms with Crippen molar-refractivity contribution >= 4 is 43.2 Å². The molecule has 11 nitrogen and oxygen atoms in total. The number of fused-ring (bicyclic) bond motifs is 1. The SMILES string of the molecule is Cc1nc(NCC2(COc3ccccc3)CC2)nc(NC2CC(CS(=O)(=O)c3ccc(F)cc3)C(O)C2O)c1-c1nc2c(C3CC3)nccc2s1. The molecule has 3 aliphatic rings. The molecule has 8 rings (SSSR count). The number of sulfone groups is 1. The summed E-state index contributed by atoms with van der Waals surface area (Å²) in [7, 11) is -3.86. The minimum atomic E-state index is -3.86. The molecule has 266 valence electrons. The molecule has 0 spiro atoms. The highest BCUT2D eigenvalue weighted by Crippen LogP contribution is 2.47. The summed E-state index contributed by atoms with van der Waals surface area (Å²) in [4.78, 5) is 19.4. The summed E-state index contributed by atoms with van der Waals surface area (Å²) in [5.74, 6) is 0.334. The molecule has 0 saturated heterocycles. The first kappa shape index (κ1) is 33.9. The van der Waals surface area contributed by atoms with Gasteiger partial charge in [0.2, 0.25) is 5.95 Å². The molecule has 0 aliphatic heterocycles. The molecule has 3 aliphatic carbocycles. The Bertz CT molecular complexity index is 2160. The second kappa shape index (κ2) is 13.4. The van der Waals surface area contributed by atoms with Crippen LogP contribution in [0.3, 0.4) is 0 Å². The molecular formula is C37H39FN6O5S2. The largest absolute Gasteiger partial charge is 0.493 e. The molecule has 3 aromatic heterocycles. The molecule has 2 aromatic carbocycles. The van der Waals surface area contributed by atoms with Gasteiger partial charge in [-0.15, -0.1) is 11.3 Å². The van der Waals surface area contributed by atoms with Crippen molar-refractivity contribution in [2.75, 3.05) is 29.5 Å². The summed E-state index contributed by atoms with van der Waals surface area (Å²) in [6.45, 7) is 3.05. The number of halogens is 1. The van der Waals surface area contributed by atoms with Gasteiger partial charge in [0.25, 0.3) is 0 Å². The number of nitrogens with zero attached hydrogens (tertiary/aromatic N) is 4. The first-order valence-corrected chi connectivity index (χ1v) is 19.7. The fraction of sp³-hybridized carbons (Fsp3) is 0.405. The summed E-state index contributed by atoms with van der Waals surface area (Å²) >= 11 is 1.52. The Balaban J connectivity index is 1.07. The second-order valence-corrected chi connectivity index (χ2v) is 17.2. The number of para-hydroxylation sites is 1. The van der Waals surface area contributed by atoms with Crippen LogP contribution < -0.4 is 15.4 Å². The van der Waals surface area contributed by atoms with Crippen LogP contribution in [0.2, 0.25) is 0 Å². The van der Waals surface area contributed by atoms with Crippen LogP contribution in [0, 0.1) is 24.1 Å². The minimum absolute atomic E-state index is 0.0371. The smallest absolute Gasteiger partial charge is 0.224 e. The third-order valence-electron chi connectivity index (χ3n) is 10.2. The topological polar surface area (TPSA) is 159 Å². The number of thiazole rings is 1. The minimum Gasteiger partial charge on any atom is -0.493 e. The van der Waals surface area contributed by atoms with Crippen molar-refractivity contribution in [3.63, 3.8) is 0 Å². The fourth-order valence-electron chi connectivity index (χ4n) is 6.85. The van der Waals surface area contributed by atoms with E-state index in [1.165, 1.54) is 23.5 Å². The van der Waals surface area contributed by atoms with E-state index in [0.29, 0.717) is 47.1 Å². The van der Waals surface area contributed by atoms with Gasteiger partial charge in [0, 0.05) is 30.0 Å². The van der Waals surface area contributed by atoms with E-state index in [1.807, 2.05) is 49.5 Å². The number of aliphatic hydroxyl groups is 2. The lowest BCUT2D eigenvalue weighted by Gasteiger charge is -2.22. The Hall–Kier alpha value is -4.24. The van der Waals surface area contributed by atoms with Crippen molar-refractivity contribution in [1.82, 2.24) is 19.9 Å². The van der Waals surface area contributed by atoms with Gasteiger partial charge in [0.1, 0.15) is 34.0 Å². The quantitative estimate of drug-likeness (QED) is 0.110. The third kappa shape index (κ3) is 7.14. The van der Waals surface area contributed by atoms with Gasteiger partial charge < -0.3 is 25.6 Å². The lowest BCUT2D eigenvalue weighted by atomic mass is 10.1. The fourth-order valence-corrected chi connectivity index (χ4v) is 9.55. The molecular weight excluding hydrogens is 692 g/mol. The van der Waals surface area contributed by atoms with E-state index in [0.717, 1.165) is 59.5 Å². The molecule has 3 saturated carbocycles. The van der Waals surface area contributed by atoms with Gasteiger partial charge >= 0.3 is 0 Å². The molecule has 5 aromatic rings. The predicted octanol–water partition coefficient (Wildman–Crippen LogP) is 5.74. The van der Waals surface area contributed by atoms with Crippen molar-refractivity contribution in [2.24, 2.45) is 11.3 Å². The Labute approximate surface area is 299 Å². The average Bonchev–Trinajstić information content (AvgIpc) is 4.05. The van der Waals surface area contributed by atoms with E-state index in [2.05, 4.69) is 15.6 Å². The zero-order valence-corrected chi connectivity index (χ0v) is 29.6. The van der Waals surface area contributed by atoms with E-state index in [-0.39, 0.29) is 16.7 Å². The first-order valence-electron chi connectivity index (χ1n) is 17.2. The molecule has 51 heavy (non-hydrogen) atoms. The Kier molecular flexibility index (Phi) is 8.89. The van der Waals surface area contributed by atoms with Crippen LogP contribution in [0.1, 0.15) is 49.4 Å². The molecule has 4 N–H and O–H groups in total. The number of rotatable bonds is 13. The second-order valence-electron chi connectivity index (χ2n) is 14.1. The van der Waals surface area contributed by atoms with Gasteiger partial charge in [0.15, 0.2) is 9.84 Å². The van der Waals surface area contributed by atoms with Crippen LogP contribution in [0.25, 0.3) is 20.8 Å². The van der Waals surface area contributed by atoms with Crippen molar-refractivity contribution in [3.8, 4) is 16.3 Å². The maximum Gasteiger partial charge on any atom is 0.224 e. The average molecular weight is 731 g/mol. The zero-order chi connectivity index (χ0) is 35.3. The number of nitrogens with one attached hydrogen (secondary N) is 2. The highest BCUT2D eigenvalue weighted by Gasteiger charge is 2.45. The van der Waals surface area contributed by atoms with Gasteiger partial charge in [-0.05, 0) is 81.5 Å². The Morgan fingerprint density at radius 3 is 2.49 bits per heavy atom. The third-order valence-corrected chi connectivity index (χ3v) is 13.1. The summed E-state index contributed by atoms with van der Waals surface area (Å²) in [6, 6.07) is 15.6. The monoisotopic (exact) mass is 730 g/mol. The number of hydrogen-bond acceptors (Lipinski definition) is 12. The number of aromatic nitrogens is 4. The van der Waals surface area contributed by atoms with E-state index in [9.17, 15) is 23.0 Å². The van der Waals surface area contributed by atoms with Crippen molar-refractivity contribution in [1.29, 1.82) is 0 Å². The van der Waals surface area contributed by atoms with Gasteiger partial charge in [-0.1, -0.05) is 18.2 Å². The summed E-state index contributed by atoms with van der Waals surface area (Å²) in [5, 5.41) is 29.8. The van der Waals surface area contributed by atoms with Crippen LogP contribution in [-0.4, -0.2) is 75.7 Å². The Morgan fingerprint density at radius 2 is 1.76 bits per heavy atom. The van der Waals surface area contributed by atoms with Crippen LogP contribution in [0.15, 0.2) is 71.8 Å². The van der Waals surface area contributed by atoms with Crippen molar-refractivity contribution < 1.29 is 27.8 Å². The number of hydrogen-bond donors (Lipinski definition) is 4. The van der Waals surface area contributed by atoms with Crippen LogP contribution >= 0.6 is 11.3 Å². The van der Waals surface area contributed by atoms with E-state index >= 15 is 0 Å². The maximum atomic E-state index is 13.5. The van der Waals surface area contributed by atoms with Crippen molar-refractivity contribution in [3.05, 3.63) is 84.1 Å². The van der Waals surface area contributed by atoms with Gasteiger partial charge in [-0.25, -0.2) is 22.8 Å².